The summed E-state index contributed by atoms with van der Waals surface area (Å²) < 4.78 is 17.8. The molecule has 0 fully saturated rings. The van der Waals surface area contributed by atoms with Crippen molar-refractivity contribution >= 4 is 44.9 Å². The molecule has 31 heavy (non-hydrogen) atoms. The molecule has 1 aliphatic heterocycles. The van der Waals surface area contributed by atoms with E-state index in [-0.39, 0.29) is 30.8 Å². The number of para-hydroxylation sites is 2. The highest BCUT2D eigenvalue weighted by Crippen LogP contribution is 2.36. The van der Waals surface area contributed by atoms with Crippen LogP contribution in [-0.2, 0) is 11.3 Å². The number of fused-ring (bicyclic) bond motifs is 2. The minimum absolute atomic E-state index is 0.0677. The number of hydrazone groups is 1. The minimum Gasteiger partial charge on any atom is -0.454 e. The lowest BCUT2D eigenvalue weighted by Crippen LogP contribution is -2.23. The third-order valence-electron chi connectivity index (χ3n) is 4.57. The zero-order valence-electron chi connectivity index (χ0n) is 15.8. The smallest absolute Gasteiger partial charge is 0.260 e. The number of imidazole rings is 1. The number of rotatable bonds is 5. The molecule has 0 bridgehead atoms. The Hall–Kier alpha value is -3.93. The average Bonchev–Trinajstić information content (AvgIpc) is 3.47. The van der Waals surface area contributed by atoms with Crippen LogP contribution in [0.2, 0.25) is 0 Å². The van der Waals surface area contributed by atoms with E-state index in [0.717, 1.165) is 15.6 Å². The van der Waals surface area contributed by atoms with Gasteiger partial charge in [-0.3, -0.25) is 4.79 Å². The third kappa shape index (κ3) is 3.57. The van der Waals surface area contributed by atoms with Crippen LogP contribution in [-0.4, -0.2) is 38.8 Å². The first-order chi connectivity index (χ1) is 15.1. The summed E-state index contributed by atoms with van der Waals surface area (Å²) >= 11 is 3.45. The van der Waals surface area contributed by atoms with Gasteiger partial charge in [-0.15, -0.1) is 0 Å². The first-order valence-corrected chi connectivity index (χ1v) is 9.84. The summed E-state index contributed by atoms with van der Waals surface area (Å²) in [6.45, 7) is 0.105. The molecule has 5 rings (SSSR count). The lowest BCUT2D eigenvalue weighted by atomic mass is 10.2. The monoisotopic (exact) mass is 483 g/mol. The minimum atomic E-state index is -0.368. The quantitative estimate of drug-likeness (QED) is 0.325. The van der Waals surface area contributed by atoms with Crippen molar-refractivity contribution < 1.29 is 18.9 Å². The van der Waals surface area contributed by atoms with E-state index in [1.807, 2.05) is 24.3 Å². The van der Waals surface area contributed by atoms with E-state index in [1.54, 1.807) is 16.7 Å². The lowest BCUT2D eigenvalue weighted by Gasteiger charge is -2.07. The van der Waals surface area contributed by atoms with Crippen LogP contribution in [0, 0.1) is 0 Å². The van der Waals surface area contributed by atoms with Crippen LogP contribution in [0.3, 0.4) is 0 Å². The molecule has 0 aliphatic carbocycles. The second-order valence-corrected chi connectivity index (χ2v) is 7.38. The van der Waals surface area contributed by atoms with Crippen molar-refractivity contribution in [2.45, 2.75) is 6.54 Å². The van der Waals surface area contributed by atoms with Gasteiger partial charge >= 0.3 is 0 Å². The molecule has 2 aromatic carbocycles. The van der Waals surface area contributed by atoms with Gasteiger partial charge in [-0.05, 0) is 50.5 Å². The van der Waals surface area contributed by atoms with Gasteiger partial charge in [0.25, 0.3) is 5.91 Å². The molecule has 1 aliphatic rings. The third-order valence-corrected chi connectivity index (χ3v) is 5.25. The highest BCUT2D eigenvalue weighted by Gasteiger charge is 2.20. The van der Waals surface area contributed by atoms with E-state index in [9.17, 15) is 4.79 Å². The van der Waals surface area contributed by atoms with Gasteiger partial charge in [-0.25, -0.2) is 15.0 Å². The predicted octanol–water partition coefficient (Wildman–Crippen LogP) is 2.31. The zero-order valence-corrected chi connectivity index (χ0v) is 17.4. The second kappa shape index (κ2) is 7.72. The molecule has 156 valence electrons. The maximum absolute atomic E-state index is 12.6. The molecule has 1 amide bonds. The van der Waals surface area contributed by atoms with Gasteiger partial charge < -0.3 is 19.8 Å². The van der Waals surface area contributed by atoms with Crippen LogP contribution >= 0.6 is 15.9 Å². The number of aromatic nitrogens is 4. The van der Waals surface area contributed by atoms with Crippen LogP contribution in [0.15, 0.2) is 50.6 Å². The van der Waals surface area contributed by atoms with Gasteiger partial charge in [-0.2, -0.15) is 5.10 Å². The summed E-state index contributed by atoms with van der Waals surface area (Å²) in [5.74, 6) is 1.35. The Morgan fingerprint density at radius 3 is 2.87 bits per heavy atom. The fourth-order valence-electron chi connectivity index (χ4n) is 3.15. The Bertz CT molecular complexity index is 1330. The van der Waals surface area contributed by atoms with Crippen LogP contribution in [0.4, 0.5) is 5.82 Å². The fraction of sp³-hybridized carbons (Fsp3) is 0.105. The molecule has 0 saturated heterocycles. The Morgan fingerprint density at radius 2 is 2.06 bits per heavy atom. The number of hydrogen-bond acceptors (Lipinski definition) is 9. The molecule has 12 heteroatoms. The molecular formula is C19H14BrN7O4. The van der Waals surface area contributed by atoms with Crippen molar-refractivity contribution in [1.29, 1.82) is 0 Å². The molecule has 3 N–H and O–H groups in total. The highest BCUT2D eigenvalue weighted by molar-refractivity contribution is 9.10. The van der Waals surface area contributed by atoms with Crippen LogP contribution in [0.1, 0.15) is 5.56 Å². The van der Waals surface area contributed by atoms with Crippen LogP contribution in [0.25, 0.3) is 22.6 Å². The molecule has 2 aromatic heterocycles. The number of amides is 1. The van der Waals surface area contributed by atoms with Crippen LogP contribution < -0.4 is 20.6 Å². The van der Waals surface area contributed by atoms with E-state index in [1.165, 1.54) is 6.21 Å². The van der Waals surface area contributed by atoms with Gasteiger partial charge in [0, 0.05) is 10.0 Å². The number of carbonyl (C=O) groups is 1. The second-order valence-electron chi connectivity index (χ2n) is 6.53. The first kappa shape index (κ1) is 19.1. The summed E-state index contributed by atoms with van der Waals surface area (Å²) in [6.07, 6.45) is 1.51. The number of nitrogen functional groups attached to an aromatic ring is 1. The van der Waals surface area contributed by atoms with Crippen molar-refractivity contribution in [2.75, 3.05) is 12.5 Å². The molecule has 0 atom stereocenters. The van der Waals surface area contributed by atoms with Crippen molar-refractivity contribution in [3.63, 3.8) is 0 Å². The average molecular weight is 484 g/mol. The number of carbonyl (C=O) groups excluding carboxylic acids is 1. The van der Waals surface area contributed by atoms with Crippen molar-refractivity contribution in [3.05, 3.63) is 46.4 Å². The predicted molar refractivity (Wildman–Crippen MR) is 113 cm³/mol. The molecule has 11 nitrogen and oxygen atoms in total. The number of ether oxygens (including phenoxy) is 2. The topological polar surface area (TPSA) is 143 Å². The normalized spacial score (nSPS) is 12.7. The number of benzene rings is 2. The van der Waals surface area contributed by atoms with Crippen molar-refractivity contribution in [1.82, 2.24) is 25.3 Å². The molecular weight excluding hydrogens is 470 g/mol. The van der Waals surface area contributed by atoms with E-state index in [4.69, 9.17) is 15.2 Å². The Morgan fingerprint density at radius 1 is 1.26 bits per heavy atom. The highest BCUT2D eigenvalue weighted by atomic mass is 79.9. The maximum atomic E-state index is 12.6. The summed E-state index contributed by atoms with van der Waals surface area (Å²) in [4.78, 5) is 17.1. The van der Waals surface area contributed by atoms with Gasteiger partial charge in [0.15, 0.2) is 28.8 Å². The van der Waals surface area contributed by atoms with Gasteiger partial charge in [-0.1, -0.05) is 12.1 Å². The summed E-state index contributed by atoms with van der Waals surface area (Å²) in [5, 5.41) is 11.4. The lowest BCUT2D eigenvalue weighted by molar-refractivity contribution is -0.121. The summed E-state index contributed by atoms with van der Waals surface area (Å²) in [7, 11) is 0. The van der Waals surface area contributed by atoms with E-state index < -0.39 is 0 Å². The molecule has 0 spiro atoms. The largest absolute Gasteiger partial charge is 0.454 e. The van der Waals surface area contributed by atoms with E-state index in [0.29, 0.717) is 22.8 Å². The molecule has 3 heterocycles. The van der Waals surface area contributed by atoms with Crippen molar-refractivity contribution in [3.8, 4) is 23.0 Å². The molecule has 0 unspecified atom stereocenters. The number of nitrogens with two attached hydrogens (primary N) is 1. The number of anilines is 1. The Labute approximate surface area is 182 Å². The molecule has 0 saturated carbocycles. The van der Waals surface area contributed by atoms with Crippen molar-refractivity contribution in [2.24, 2.45) is 5.10 Å². The Kier molecular flexibility index (Phi) is 4.75. The van der Waals surface area contributed by atoms with Gasteiger partial charge in [0.2, 0.25) is 6.79 Å². The zero-order chi connectivity index (χ0) is 21.4. The Balaban J connectivity index is 1.38. The van der Waals surface area contributed by atoms with Gasteiger partial charge in [0.05, 0.1) is 17.2 Å². The maximum Gasteiger partial charge on any atom is 0.260 e. The number of halogens is 1. The number of nitrogens with one attached hydrogen (secondary N) is 1. The number of nitrogens with zero attached hydrogens (tertiary/aromatic N) is 5. The first-order valence-electron chi connectivity index (χ1n) is 9.05. The number of hydrogen-bond donors (Lipinski definition) is 2. The van der Waals surface area contributed by atoms with E-state index in [2.05, 4.69) is 46.4 Å². The van der Waals surface area contributed by atoms with Crippen LogP contribution in [0.5, 0.6) is 11.5 Å². The standard InChI is InChI=1S/C19H14BrN7O4/c20-11-6-15-14(29-9-30-15)5-10(11)7-22-24-16(28)8-27-13-4-2-1-3-12(13)23-19(27)17-18(21)26-31-25-17/h1-7H,8-9H2,(H2,21,26)(H,24,28)/b22-7-. The van der Waals surface area contributed by atoms with E-state index >= 15 is 0 Å². The molecule has 0 radical (unpaired) electrons. The van der Waals surface area contributed by atoms with Gasteiger partial charge in [0.1, 0.15) is 6.54 Å². The SMILES string of the molecule is Nc1nonc1-c1nc2ccccc2n1CC(=O)N/N=C\c1cc2c(cc1Br)OCO2. The summed E-state index contributed by atoms with van der Waals surface area (Å²) in [5.41, 5.74) is 10.7. The molecule has 4 aromatic rings. The fourth-order valence-corrected chi connectivity index (χ4v) is 3.58. The summed E-state index contributed by atoms with van der Waals surface area (Å²) in [6, 6.07) is 10.9.